The molecule has 1 aliphatic carbocycles. The molecule has 2 aromatic rings. The van der Waals surface area contributed by atoms with Crippen molar-refractivity contribution in [1.82, 2.24) is 15.3 Å². The maximum Gasteiger partial charge on any atom is 0.329 e. The van der Waals surface area contributed by atoms with Gasteiger partial charge in [-0.1, -0.05) is 0 Å². The summed E-state index contributed by atoms with van der Waals surface area (Å²) in [5.74, 6) is -0.875. The summed E-state index contributed by atoms with van der Waals surface area (Å²) in [6, 6.07) is 0. The number of fused-ring (bicyclic) bond motifs is 1. The van der Waals surface area contributed by atoms with E-state index < -0.39 is 11.5 Å². The van der Waals surface area contributed by atoms with Crippen LogP contribution in [-0.2, 0) is 16.0 Å². The number of thiophene rings is 1. The van der Waals surface area contributed by atoms with Crippen molar-refractivity contribution in [2.45, 2.75) is 51.5 Å². The third-order valence-electron chi connectivity index (χ3n) is 4.67. The van der Waals surface area contributed by atoms with Gasteiger partial charge in [-0.15, -0.1) is 11.3 Å². The van der Waals surface area contributed by atoms with Crippen molar-refractivity contribution in [2.75, 3.05) is 0 Å². The Kier molecular flexibility index (Phi) is 4.16. The van der Waals surface area contributed by atoms with E-state index in [1.165, 1.54) is 11.3 Å². The molecule has 0 aromatic carbocycles. The third kappa shape index (κ3) is 2.82. The highest BCUT2D eigenvalue weighted by Gasteiger charge is 2.45. The van der Waals surface area contributed by atoms with Crippen molar-refractivity contribution in [3.8, 4) is 0 Å². The molecule has 0 aliphatic heterocycles. The molecule has 1 aliphatic rings. The SMILES string of the molecule is Cc1sc2nc(CCC(=O)NC3(C(=O)O)CCC3)[nH]c(=O)c2c1C. The highest BCUT2D eigenvalue weighted by atomic mass is 32.1. The molecule has 0 saturated heterocycles. The Balaban J connectivity index is 1.71. The number of hydrogen-bond acceptors (Lipinski definition) is 5. The maximum absolute atomic E-state index is 12.2. The van der Waals surface area contributed by atoms with Gasteiger partial charge in [0, 0.05) is 17.7 Å². The fourth-order valence-corrected chi connectivity index (χ4v) is 3.95. The fraction of sp³-hybridized carbons (Fsp3) is 0.500. The zero-order chi connectivity index (χ0) is 17.5. The average Bonchev–Trinajstić information content (AvgIpc) is 2.75. The Morgan fingerprint density at radius 3 is 2.67 bits per heavy atom. The number of aromatic nitrogens is 2. The molecule has 7 nitrogen and oxygen atoms in total. The minimum absolute atomic E-state index is 0.0901. The Labute approximate surface area is 142 Å². The molecule has 2 aromatic heterocycles. The van der Waals surface area contributed by atoms with Gasteiger partial charge in [-0.05, 0) is 38.7 Å². The number of carbonyl (C=O) groups is 2. The molecule has 1 fully saturated rings. The Bertz CT molecular complexity index is 879. The summed E-state index contributed by atoms with van der Waals surface area (Å²) >= 11 is 1.46. The van der Waals surface area contributed by atoms with E-state index >= 15 is 0 Å². The van der Waals surface area contributed by atoms with Crippen LogP contribution in [-0.4, -0.2) is 32.5 Å². The fourth-order valence-electron chi connectivity index (χ4n) is 2.90. The van der Waals surface area contributed by atoms with E-state index in [0.29, 0.717) is 28.9 Å². The molecule has 0 radical (unpaired) electrons. The number of hydrogen-bond donors (Lipinski definition) is 3. The molecule has 3 rings (SSSR count). The Morgan fingerprint density at radius 2 is 2.08 bits per heavy atom. The maximum atomic E-state index is 12.2. The Hall–Kier alpha value is -2.22. The largest absolute Gasteiger partial charge is 0.480 e. The van der Waals surface area contributed by atoms with Gasteiger partial charge < -0.3 is 15.4 Å². The first-order chi connectivity index (χ1) is 11.3. The lowest BCUT2D eigenvalue weighted by Crippen LogP contribution is -2.59. The first kappa shape index (κ1) is 16.6. The van der Waals surface area contributed by atoms with Gasteiger partial charge in [0.1, 0.15) is 16.2 Å². The highest BCUT2D eigenvalue weighted by Crippen LogP contribution is 2.32. The average molecular weight is 349 g/mol. The number of aryl methyl sites for hydroxylation is 3. The highest BCUT2D eigenvalue weighted by molar-refractivity contribution is 7.18. The first-order valence-corrected chi connectivity index (χ1v) is 8.67. The topological polar surface area (TPSA) is 112 Å². The molecule has 0 spiro atoms. The lowest BCUT2D eigenvalue weighted by molar-refractivity contribution is -0.151. The van der Waals surface area contributed by atoms with Gasteiger partial charge in [0.05, 0.1) is 5.39 Å². The van der Waals surface area contributed by atoms with Crippen LogP contribution in [0.3, 0.4) is 0 Å². The van der Waals surface area contributed by atoms with Crippen molar-refractivity contribution in [3.63, 3.8) is 0 Å². The molecule has 0 bridgehead atoms. The Morgan fingerprint density at radius 1 is 1.38 bits per heavy atom. The number of carboxylic acid groups (broad SMARTS) is 1. The number of carbonyl (C=O) groups excluding carboxylic acids is 1. The van der Waals surface area contributed by atoms with E-state index in [1.54, 1.807) is 0 Å². The van der Waals surface area contributed by atoms with Gasteiger partial charge in [0.2, 0.25) is 5.91 Å². The van der Waals surface area contributed by atoms with Crippen molar-refractivity contribution in [3.05, 3.63) is 26.6 Å². The number of nitrogens with zero attached hydrogens (tertiary/aromatic N) is 1. The minimum atomic E-state index is -1.11. The van der Waals surface area contributed by atoms with Crippen molar-refractivity contribution < 1.29 is 14.7 Å². The van der Waals surface area contributed by atoms with Crippen molar-refractivity contribution in [1.29, 1.82) is 0 Å². The summed E-state index contributed by atoms with van der Waals surface area (Å²) in [5, 5.41) is 12.4. The predicted molar refractivity (Wildman–Crippen MR) is 90.4 cm³/mol. The van der Waals surface area contributed by atoms with Crippen LogP contribution in [0.2, 0.25) is 0 Å². The number of carboxylic acids is 1. The summed E-state index contributed by atoms with van der Waals surface area (Å²) in [4.78, 5) is 44.4. The lowest BCUT2D eigenvalue weighted by atomic mass is 9.76. The molecular weight excluding hydrogens is 330 g/mol. The van der Waals surface area contributed by atoms with Crippen molar-refractivity contribution >= 4 is 33.4 Å². The molecule has 1 amide bonds. The van der Waals surface area contributed by atoms with Crippen LogP contribution in [0, 0.1) is 13.8 Å². The quantitative estimate of drug-likeness (QED) is 0.760. The zero-order valence-corrected chi connectivity index (χ0v) is 14.4. The van der Waals surface area contributed by atoms with E-state index in [-0.39, 0.29) is 24.3 Å². The number of aromatic amines is 1. The number of rotatable bonds is 5. The number of amides is 1. The van der Waals surface area contributed by atoms with E-state index in [1.807, 2.05) is 13.8 Å². The van der Waals surface area contributed by atoms with Gasteiger partial charge >= 0.3 is 5.97 Å². The number of nitrogens with one attached hydrogen (secondary N) is 2. The van der Waals surface area contributed by atoms with E-state index in [2.05, 4.69) is 15.3 Å². The van der Waals surface area contributed by atoms with Gasteiger partial charge in [0.25, 0.3) is 5.56 Å². The second-order valence-electron chi connectivity index (χ2n) is 6.27. The van der Waals surface area contributed by atoms with E-state index in [0.717, 1.165) is 16.9 Å². The number of H-pyrrole nitrogens is 1. The van der Waals surface area contributed by atoms with Crippen LogP contribution in [0.4, 0.5) is 0 Å². The van der Waals surface area contributed by atoms with Gasteiger partial charge in [-0.3, -0.25) is 9.59 Å². The number of aliphatic carboxylic acids is 1. The third-order valence-corrected chi connectivity index (χ3v) is 5.77. The monoisotopic (exact) mass is 349 g/mol. The molecule has 1 saturated carbocycles. The molecule has 128 valence electrons. The summed E-state index contributed by atoms with van der Waals surface area (Å²) in [7, 11) is 0. The van der Waals surface area contributed by atoms with Gasteiger partial charge in [-0.2, -0.15) is 0 Å². The smallest absolute Gasteiger partial charge is 0.329 e. The van der Waals surface area contributed by atoms with Gasteiger partial charge in [0.15, 0.2) is 0 Å². The normalized spacial score (nSPS) is 15.9. The molecular formula is C16H19N3O4S. The molecule has 3 N–H and O–H groups in total. The molecule has 2 heterocycles. The molecule has 0 unspecified atom stereocenters. The summed E-state index contributed by atoms with van der Waals surface area (Å²) < 4.78 is 0. The molecule has 0 atom stereocenters. The van der Waals surface area contributed by atoms with Crippen LogP contribution in [0.5, 0.6) is 0 Å². The minimum Gasteiger partial charge on any atom is -0.480 e. The second-order valence-corrected chi connectivity index (χ2v) is 7.47. The van der Waals surface area contributed by atoms with Crippen LogP contribution in [0.1, 0.15) is 41.9 Å². The van der Waals surface area contributed by atoms with E-state index in [4.69, 9.17) is 0 Å². The molecule has 24 heavy (non-hydrogen) atoms. The van der Waals surface area contributed by atoms with Crippen molar-refractivity contribution in [2.24, 2.45) is 0 Å². The zero-order valence-electron chi connectivity index (χ0n) is 13.6. The summed E-state index contributed by atoms with van der Waals surface area (Å²) in [5.41, 5.74) is -0.371. The standard InChI is InChI=1S/C16H19N3O4S/c1-8-9(2)24-14-12(8)13(21)17-10(18-14)4-5-11(20)19-16(15(22)23)6-3-7-16/h3-7H2,1-2H3,(H,19,20)(H,22,23)(H,17,18,21). The lowest BCUT2D eigenvalue weighted by Gasteiger charge is -2.38. The summed E-state index contributed by atoms with van der Waals surface area (Å²) in [6.45, 7) is 3.83. The van der Waals surface area contributed by atoms with Crippen LogP contribution in [0.25, 0.3) is 10.2 Å². The van der Waals surface area contributed by atoms with Crippen LogP contribution in [0.15, 0.2) is 4.79 Å². The summed E-state index contributed by atoms with van der Waals surface area (Å²) in [6.07, 6.45) is 2.08. The molecule has 8 heteroatoms. The van der Waals surface area contributed by atoms with Crippen LogP contribution >= 0.6 is 11.3 Å². The van der Waals surface area contributed by atoms with Gasteiger partial charge in [-0.25, -0.2) is 9.78 Å². The predicted octanol–water partition coefficient (Wildman–Crippen LogP) is 1.66. The second kappa shape index (κ2) is 6.01. The van der Waals surface area contributed by atoms with Crippen LogP contribution < -0.4 is 10.9 Å². The first-order valence-electron chi connectivity index (χ1n) is 7.86. The van der Waals surface area contributed by atoms with E-state index in [9.17, 15) is 19.5 Å².